The molecule has 0 fully saturated rings. The van der Waals surface area contributed by atoms with E-state index in [0.29, 0.717) is 5.46 Å². The predicted octanol–water partition coefficient (Wildman–Crippen LogP) is 19.0. The standard InChI is InChI=1S/C28H17BrS.C22H13IS.C6H6BBrO2.2CH3I/c29-20-16-14-19(15-17-20)27-25(18-8-2-1-3-9-18)26-23-12-6-4-10-21(23)22-11-5-7-13-24(22)28(26)30-27;23-22-19(14-8-2-1-3-9-14)20-17-12-6-4-10-15(17)16-11-5-7-13-18(16)21(20)24-22;8-6-3-1-5(2-4-6)7(9)10;2*1-2/h1-17H;1-13H;1-4,9-10H;2*1H3. The molecule has 0 spiro atoms. The number of hydrogen-bond donors (Lipinski definition) is 2. The van der Waals surface area contributed by atoms with Gasteiger partial charge in [-0.1, -0.05) is 259 Å². The van der Waals surface area contributed by atoms with E-state index in [1.54, 1.807) is 24.3 Å². The Morgan fingerprint density at radius 3 is 1.15 bits per heavy atom. The summed E-state index contributed by atoms with van der Waals surface area (Å²) in [5, 5.41) is 30.8. The summed E-state index contributed by atoms with van der Waals surface area (Å²) in [5.41, 5.74) is 7.03. The van der Waals surface area contributed by atoms with E-state index in [1.165, 1.54) is 98.8 Å². The smallest absolute Gasteiger partial charge is 0.423 e. The molecule has 0 aliphatic rings. The van der Waals surface area contributed by atoms with Crippen molar-refractivity contribution in [2.45, 2.75) is 0 Å². The number of alkyl halides is 2. The second-order valence-corrected chi connectivity index (χ2v) is 21.0. The van der Waals surface area contributed by atoms with Crippen molar-refractivity contribution >= 4 is 198 Å². The van der Waals surface area contributed by atoms with Crippen LogP contribution in [0.4, 0.5) is 0 Å². The molecule has 0 radical (unpaired) electrons. The second-order valence-electron chi connectivity index (χ2n) is 15.3. The van der Waals surface area contributed by atoms with Gasteiger partial charge in [0, 0.05) is 55.9 Å². The number of thiophene rings is 2. The van der Waals surface area contributed by atoms with E-state index in [2.05, 4.69) is 282 Å². The molecule has 10 aromatic carbocycles. The molecule has 68 heavy (non-hydrogen) atoms. The molecule has 12 aromatic rings. The summed E-state index contributed by atoms with van der Waals surface area (Å²) in [4.78, 5) is 5.26. The number of benzene rings is 10. The van der Waals surface area contributed by atoms with Crippen LogP contribution in [0, 0.1) is 2.88 Å². The SMILES string of the molecule is Brc1ccc(-c2sc3c4ccccc4c4ccccc4c3c2-c2ccccc2)cc1.CI.CI.Ic1sc2c3ccccc3c3ccccc3c2c1-c1ccccc1.OB(O)c1ccc(Br)cc1. The Labute approximate surface area is 463 Å². The van der Waals surface area contributed by atoms with Crippen LogP contribution in [-0.2, 0) is 0 Å². The van der Waals surface area contributed by atoms with Gasteiger partial charge in [0.2, 0.25) is 0 Å². The molecular weight excluding hydrogens is 1340 g/mol. The van der Waals surface area contributed by atoms with Gasteiger partial charge in [0.25, 0.3) is 0 Å². The highest BCUT2D eigenvalue weighted by atomic mass is 127. The Bertz CT molecular complexity index is 3620. The van der Waals surface area contributed by atoms with Crippen LogP contribution in [0.2, 0.25) is 0 Å². The Morgan fingerprint density at radius 1 is 0.368 bits per heavy atom. The van der Waals surface area contributed by atoms with Gasteiger partial charge in [-0.3, -0.25) is 0 Å². The average molecular weight is 1390 g/mol. The third-order valence-electron chi connectivity index (χ3n) is 11.5. The van der Waals surface area contributed by atoms with Crippen LogP contribution in [0.5, 0.6) is 0 Å². The van der Waals surface area contributed by atoms with Crippen molar-refractivity contribution in [1.29, 1.82) is 0 Å². The summed E-state index contributed by atoms with van der Waals surface area (Å²) >= 11 is 17.4. The van der Waals surface area contributed by atoms with E-state index in [-0.39, 0.29) is 0 Å². The summed E-state index contributed by atoms with van der Waals surface area (Å²) in [6.45, 7) is 0. The van der Waals surface area contributed by atoms with E-state index in [9.17, 15) is 0 Å². The van der Waals surface area contributed by atoms with Crippen LogP contribution in [0.25, 0.3) is 96.0 Å². The van der Waals surface area contributed by atoms with Crippen molar-refractivity contribution < 1.29 is 10.0 Å². The molecule has 0 atom stereocenters. The Kier molecular flexibility index (Phi) is 17.8. The molecule has 2 heterocycles. The normalized spacial score (nSPS) is 10.7. The van der Waals surface area contributed by atoms with Gasteiger partial charge < -0.3 is 10.0 Å². The van der Waals surface area contributed by atoms with Crippen LogP contribution in [0.15, 0.2) is 215 Å². The van der Waals surface area contributed by atoms with Crippen molar-refractivity contribution in [1.82, 2.24) is 0 Å². The fourth-order valence-corrected chi connectivity index (χ4v) is 12.9. The maximum Gasteiger partial charge on any atom is 0.488 e. The van der Waals surface area contributed by atoms with E-state index < -0.39 is 7.12 Å². The highest BCUT2D eigenvalue weighted by Crippen LogP contribution is 2.51. The fraction of sp³-hybridized carbons (Fsp3) is 0.0345. The van der Waals surface area contributed by atoms with Crippen molar-refractivity contribution in [3.8, 4) is 32.7 Å². The van der Waals surface area contributed by atoms with Crippen LogP contribution in [0.1, 0.15) is 0 Å². The Hall–Kier alpha value is -3.71. The second kappa shape index (κ2) is 23.9. The van der Waals surface area contributed by atoms with E-state index >= 15 is 0 Å². The quantitative estimate of drug-likeness (QED) is 0.0798. The Balaban J connectivity index is 0.000000147. The summed E-state index contributed by atoms with van der Waals surface area (Å²) in [6, 6.07) is 72.3. The predicted molar refractivity (Wildman–Crippen MR) is 334 cm³/mol. The molecule has 0 bridgehead atoms. The fourth-order valence-electron chi connectivity index (χ4n) is 8.61. The van der Waals surface area contributed by atoms with E-state index in [4.69, 9.17) is 10.0 Å². The van der Waals surface area contributed by atoms with Crippen LogP contribution in [-0.4, -0.2) is 27.0 Å². The molecule has 0 saturated heterocycles. The lowest BCUT2D eigenvalue weighted by Gasteiger charge is -2.10. The summed E-state index contributed by atoms with van der Waals surface area (Å²) < 4.78 is 6.14. The first-order chi connectivity index (χ1) is 33.4. The summed E-state index contributed by atoms with van der Waals surface area (Å²) in [6.07, 6.45) is 0. The zero-order valence-corrected chi connectivity index (χ0v) is 48.1. The van der Waals surface area contributed by atoms with Gasteiger partial charge in [-0.25, -0.2) is 0 Å². The van der Waals surface area contributed by atoms with Crippen molar-refractivity contribution in [3.05, 3.63) is 218 Å². The topological polar surface area (TPSA) is 40.5 Å². The average Bonchev–Trinajstić information content (AvgIpc) is 3.98. The number of rotatable bonds is 4. The van der Waals surface area contributed by atoms with Gasteiger partial charge in [0.1, 0.15) is 0 Å². The van der Waals surface area contributed by atoms with Gasteiger partial charge in [-0.15, -0.1) is 22.7 Å². The lowest BCUT2D eigenvalue weighted by Crippen LogP contribution is -2.29. The summed E-state index contributed by atoms with van der Waals surface area (Å²) in [5.74, 6) is 0. The minimum absolute atomic E-state index is 0.503. The summed E-state index contributed by atoms with van der Waals surface area (Å²) in [7, 11) is -1.37. The van der Waals surface area contributed by atoms with Crippen molar-refractivity contribution in [2.75, 3.05) is 9.86 Å². The van der Waals surface area contributed by atoms with Gasteiger partial charge >= 0.3 is 7.12 Å². The monoisotopic (exact) mass is 1380 g/mol. The third-order valence-corrected chi connectivity index (χ3v) is 16.0. The van der Waals surface area contributed by atoms with Gasteiger partial charge in [0.05, 0.1) is 2.88 Å². The van der Waals surface area contributed by atoms with Gasteiger partial charge in [-0.05, 0) is 111 Å². The first-order valence-corrected chi connectivity index (χ1v) is 30.1. The largest absolute Gasteiger partial charge is 0.488 e. The highest BCUT2D eigenvalue weighted by Gasteiger charge is 2.21. The first-order valence-electron chi connectivity index (χ1n) is 21.5. The molecule has 2 N–H and O–H groups in total. The molecule has 0 unspecified atom stereocenters. The van der Waals surface area contributed by atoms with Gasteiger partial charge in [-0.2, -0.15) is 0 Å². The van der Waals surface area contributed by atoms with Crippen LogP contribution < -0.4 is 5.46 Å². The van der Waals surface area contributed by atoms with Crippen LogP contribution in [0.3, 0.4) is 0 Å². The van der Waals surface area contributed by atoms with E-state index in [0.717, 1.165) is 8.95 Å². The third kappa shape index (κ3) is 10.6. The molecular formula is C58H42BBr2I3O2S2. The molecule has 0 amide bonds. The maximum atomic E-state index is 8.65. The molecule has 12 rings (SSSR count). The zero-order chi connectivity index (χ0) is 47.7. The zero-order valence-electron chi connectivity index (χ0n) is 36.8. The molecule has 2 nitrogen and oxygen atoms in total. The minimum atomic E-state index is -1.37. The Morgan fingerprint density at radius 2 is 0.706 bits per heavy atom. The van der Waals surface area contributed by atoms with Crippen molar-refractivity contribution in [2.24, 2.45) is 0 Å². The highest BCUT2D eigenvalue weighted by molar-refractivity contribution is 14.1. The molecule has 0 aliphatic heterocycles. The number of fused-ring (bicyclic) bond motifs is 12. The lowest BCUT2D eigenvalue weighted by atomic mass is 9.81. The minimum Gasteiger partial charge on any atom is -0.423 e. The first kappa shape index (κ1) is 50.7. The maximum absolute atomic E-state index is 8.65. The molecule has 336 valence electrons. The number of hydrogen-bond acceptors (Lipinski definition) is 4. The molecule has 10 heteroatoms. The van der Waals surface area contributed by atoms with Crippen LogP contribution >= 0.6 is 122 Å². The number of halogens is 5. The van der Waals surface area contributed by atoms with Gasteiger partial charge in [0.15, 0.2) is 0 Å². The molecule has 0 saturated carbocycles. The lowest BCUT2D eigenvalue weighted by molar-refractivity contribution is 0.426. The molecule has 2 aromatic heterocycles. The van der Waals surface area contributed by atoms with Crippen molar-refractivity contribution in [3.63, 3.8) is 0 Å². The molecule has 0 aliphatic carbocycles. The van der Waals surface area contributed by atoms with E-state index in [1.807, 2.05) is 32.5 Å².